The summed E-state index contributed by atoms with van der Waals surface area (Å²) < 4.78 is 46.6. The number of anilines is 1. The smallest absolute Gasteiger partial charge is 0.416 e. The third-order valence-electron chi connectivity index (χ3n) is 4.80. The van der Waals surface area contributed by atoms with Gasteiger partial charge in [0.25, 0.3) is 6.01 Å². The highest BCUT2D eigenvalue weighted by Gasteiger charge is 2.30. The van der Waals surface area contributed by atoms with Crippen LogP contribution < -0.4 is 5.32 Å². The Morgan fingerprint density at radius 3 is 2.77 bits per heavy atom. The van der Waals surface area contributed by atoms with Crippen LogP contribution in [0.3, 0.4) is 0 Å². The fourth-order valence-corrected chi connectivity index (χ4v) is 3.42. The summed E-state index contributed by atoms with van der Waals surface area (Å²) in [5, 5.41) is 2.83. The van der Waals surface area contributed by atoms with Crippen molar-refractivity contribution in [3.8, 4) is 11.4 Å². The molecule has 3 aromatic heterocycles. The van der Waals surface area contributed by atoms with E-state index in [1.165, 1.54) is 6.07 Å². The van der Waals surface area contributed by atoms with Gasteiger partial charge in [-0.3, -0.25) is 0 Å². The molecule has 10 heteroatoms. The number of para-hydroxylation sites is 1. The van der Waals surface area contributed by atoms with Crippen LogP contribution in [0.1, 0.15) is 11.3 Å². The maximum atomic E-state index is 13.0. The minimum absolute atomic E-state index is 0.316. The number of benzene rings is 2. The van der Waals surface area contributed by atoms with Crippen LogP contribution in [0, 0.1) is 0 Å². The Morgan fingerprint density at radius 2 is 2.00 bits per heavy atom. The number of rotatable bonds is 4. The molecule has 5 rings (SSSR count). The largest absolute Gasteiger partial charge is 0.427 e. The van der Waals surface area contributed by atoms with Crippen molar-refractivity contribution in [2.45, 2.75) is 12.7 Å². The number of hydrogen-bond acceptors (Lipinski definition) is 5. The van der Waals surface area contributed by atoms with Gasteiger partial charge >= 0.3 is 6.18 Å². The highest BCUT2D eigenvalue weighted by molar-refractivity contribution is 5.92. The van der Waals surface area contributed by atoms with E-state index in [9.17, 15) is 13.2 Å². The van der Waals surface area contributed by atoms with Crippen LogP contribution in [0.15, 0.2) is 53.3 Å². The second-order valence-corrected chi connectivity index (χ2v) is 6.74. The summed E-state index contributed by atoms with van der Waals surface area (Å²) in [5.41, 5.74) is 2.29. The molecule has 7 nitrogen and oxygen atoms in total. The minimum Gasteiger partial charge on any atom is -0.427 e. The number of H-pyrrole nitrogens is 1. The molecular weight excluding hydrogens is 397 g/mol. The van der Waals surface area contributed by atoms with E-state index in [0.29, 0.717) is 35.2 Å². The topological polar surface area (TPSA) is 84.6 Å². The number of imidazole rings is 2. The molecule has 3 heterocycles. The van der Waals surface area contributed by atoms with E-state index in [0.717, 1.165) is 28.7 Å². The van der Waals surface area contributed by atoms with Crippen molar-refractivity contribution < 1.29 is 17.6 Å². The average Bonchev–Trinajstić information content (AvgIpc) is 3.45. The van der Waals surface area contributed by atoms with Gasteiger partial charge in [0.2, 0.25) is 0 Å². The molecule has 0 unspecified atom stereocenters. The van der Waals surface area contributed by atoms with E-state index in [1.807, 2.05) is 22.8 Å². The highest BCUT2D eigenvalue weighted by atomic mass is 19.4. The zero-order valence-corrected chi connectivity index (χ0v) is 15.7. The molecule has 30 heavy (non-hydrogen) atoms. The fourth-order valence-electron chi connectivity index (χ4n) is 3.42. The van der Waals surface area contributed by atoms with Crippen molar-refractivity contribution in [1.29, 1.82) is 0 Å². The summed E-state index contributed by atoms with van der Waals surface area (Å²) in [6.45, 7) is 0.390. The summed E-state index contributed by atoms with van der Waals surface area (Å²) in [6, 6.07) is 9.41. The Hall–Kier alpha value is -3.82. The van der Waals surface area contributed by atoms with Crippen molar-refractivity contribution in [3.63, 3.8) is 0 Å². The average molecular weight is 412 g/mol. The van der Waals surface area contributed by atoms with Gasteiger partial charge in [-0.05, 0) is 30.3 Å². The molecule has 2 N–H and O–H groups in total. The van der Waals surface area contributed by atoms with Gasteiger partial charge in [-0.15, -0.1) is 0 Å². The van der Waals surface area contributed by atoms with E-state index in [2.05, 4.69) is 25.3 Å². The Kier molecular flexibility index (Phi) is 4.02. The third-order valence-corrected chi connectivity index (χ3v) is 4.80. The Labute approximate surface area is 167 Å². The number of alkyl halides is 3. The number of fused-ring (bicyclic) bond motifs is 2. The minimum atomic E-state index is -4.42. The van der Waals surface area contributed by atoms with Crippen LogP contribution in [0.2, 0.25) is 0 Å². The van der Waals surface area contributed by atoms with Crippen LogP contribution in [-0.4, -0.2) is 31.6 Å². The number of aromatic amines is 1. The molecule has 2 aromatic carbocycles. The molecule has 5 aromatic rings. The van der Waals surface area contributed by atoms with E-state index < -0.39 is 11.7 Å². The lowest BCUT2D eigenvalue weighted by atomic mass is 10.1. The van der Waals surface area contributed by atoms with E-state index in [-0.39, 0.29) is 0 Å². The van der Waals surface area contributed by atoms with E-state index >= 15 is 0 Å². The Morgan fingerprint density at radius 1 is 1.13 bits per heavy atom. The first-order chi connectivity index (χ1) is 14.4. The molecule has 0 radical (unpaired) electrons. The second-order valence-electron chi connectivity index (χ2n) is 6.74. The standard InChI is InChI=1S/C20H15F3N6O/c1-24-19-25-8-12(30-19)9-29-10-26-15-4-2-3-13(17(15)29)18-27-14-6-5-11(20(21,22)23)7-16(14)28-18/h2-8,10H,9H2,1H3,(H,24,25)(H,27,28). The van der Waals surface area contributed by atoms with Crippen LogP contribution in [-0.2, 0) is 12.7 Å². The quantitative estimate of drug-likeness (QED) is 0.448. The van der Waals surface area contributed by atoms with E-state index in [1.54, 1.807) is 19.6 Å². The van der Waals surface area contributed by atoms with Gasteiger partial charge in [-0.25, -0.2) is 15.0 Å². The fraction of sp³-hybridized carbons (Fsp3) is 0.150. The molecule has 0 spiro atoms. The van der Waals surface area contributed by atoms with E-state index in [4.69, 9.17) is 4.42 Å². The molecule has 0 saturated carbocycles. The predicted molar refractivity (Wildman–Crippen MR) is 105 cm³/mol. The number of halogens is 3. The van der Waals surface area contributed by atoms with Crippen LogP contribution in [0.25, 0.3) is 33.5 Å². The van der Waals surface area contributed by atoms with Crippen molar-refractivity contribution in [2.75, 3.05) is 12.4 Å². The Bertz CT molecular complexity index is 1360. The van der Waals surface area contributed by atoms with Gasteiger partial charge in [-0.2, -0.15) is 13.2 Å². The van der Waals surface area contributed by atoms with Crippen LogP contribution in [0.5, 0.6) is 0 Å². The highest BCUT2D eigenvalue weighted by Crippen LogP contribution is 2.33. The summed E-state index contributed by atoms with van der Waals surface area (Å²) in [5.74, 6) is 1.10. The van der Waals surface area contributed by atoms with Crippen LogP contribution >= 0.6 is 0 Å². The number of hydrogen-bond donors (Lipinski definition) is 2. The first-order valence-electron chi connectivity index (χ1n) is 9.06. The monoisotopic (exact) mass is 412 g/mol. The van der Waals surface area contributed by atoms with Crippen molar-refractivity contribution in [1.82, 2.24) is 24.5 Å². The van der Waals surface area contributed by atoms with Crippen LogP contribution in [0.4, 0.5) is 19.2 Å². The first kappa shape index (κ1) is 18.2. The predicted octanol–water partition coefficient (Wildman–Crippen LogP) is 4.68. The SMILES string of the molecule is CNc1ncc(Cn2cnc3cccc(-c4nc5ccc(C(F)(F)F)cc5[nH]4)c32)o1. The third kappa shape index (κ3) is 3.06. The van der Waals surface area contributed by atoms with Gasteiger partial charge in [0.05, 0.1) is 46.7 Å². The maximum Gasteiger partial charge on any atom is 0.416 e. The zero-order valence-electron chi connectivity index (χ0n) is 15.7. The zero-order chi connectivity index (χ0) is 20.9. The number of nitrogens with one attached hydrogen (secondary N) is 2. The molecule has 0 bridgehead atoms. The van der Waals surface area contributed by atoms with Crippen molar-refractivity contribution in [3.05, 3.63) is 60.2 Å². The normalized spacial score (nSPS) is 12.1. The molecule has 0 fully saturated rings. The molecular formula is C20H15F3N6O. The summed E-state index contributed by atoms with van der Waals surface area (Å²) in [4.78, 5) is 16.0. The van der Waals surface area contributed by atoms with Gasteiger partial charge < -0.3 is 19.3 Å². The lowest BCUT2D eigenvalue weighted by molar-refractivity contribution is -0.137. The number of aromatic nitrogens is 5. The molecule has 0 aliphatic rings. The molecule has 0 atom stereocenters. The van der Waals surface area contributed by atoms with Gasteiger partial charge in [-0.1, -0.05) is 6.07 Å². The van der Waals surface area contributed by atoms with Gasteiger partial charge in [0.1, 0.15) is 11.6 Å². The lowest BCUT2D eigenvalue weighted by Gasteiger charge is -2.06. The number of nitrogens with zero attached hydrogens (tertiary/aromatic N) is 4. The van der Waals surface area contributed by atoms with Gasteiger partial charge in [0.15, 0.2) is 0 Å². The maximum absolute atomic E-state index is 13.0. The molecule has 0 amide bonds. The second kappa shape index (κ2) is 6.61. The lowest BCUT2D eigenvalue weighted by Crippen LogP contribution is -2.04. The first-order valence-corrected chi connectivity index (χ1v) is 9.06. The van der Waals surface area contributed by atoms with Crippen molar-refractivity contribution >= 4 is 28.1 Å². The number of oxazole rings is 1. The Balaban J connectivity index is 1.61. The van der Waals surface area contributed by atoms with Crippen molar-refractivity contribution in [2.24, 2.45) is 0 Å². The summed E-state index contributed by atoms with van der Waals surface area (Å²) in [6.07, 6.45) is -1.11. The molecule has 0 aliphatic heterocycles. The molecule has 152 valence electrons. The molecule has 0 saturated heterocycles. The summed E-state index contributed by atoms with van der Waals surface area (Å²) >= 11 is 0. The molecule has 0 aliphatic carbocycles. The summed E-state index contributed by atoms with van der Waals surface area (Å²) in [7, 11) is 1.71. The van der Waals surface area contributed by atoms with Gasteiger partial charge in [0, 0.05) is 12.6 Å².